The van der Waals surface area contributed by atoms with Gasteiger partial charge in [0.25, 0.3) is 0 Å². The van der Waals surface area contributed by atoms with Crippen LogP contribution in [0, 0.1) is 0 Å². The first-order chi connectivity index (χ1) is 7.65. The fourth-order valence-electron chi connectivity index (χ4n) is 2.08. The summed E-state index contributed by atoms with van der Waals surface area (Å²) in [7, 11) is 0. The first kappa shape index (κ1) is 11.8. The van der Waals surface area contributed by atoms with Crippen LogP contribution in [0.25, 0.3) is 0 Å². The van der Waals surface area contributed by atoms with Crippen LogP contribution in [0.5, 0.6) is 0 Å². The van der Waals surface area contributed by atoms with Gasteiger partial charge < -0.3 is 15.0 Å². The minimum absolute atomic E-state index is 0.0585. The summed E-state index contributed by atoms with van der Waals surface area (Å²) in [5.74, 6) is -0.0585. The molecule has 0 aromatic rings. The number of rotatable bonds is 2. The third-order valence-corrected chi connectivity index (χ3v) is 3.93. The van der Waals surface area contributed by atoms with E-state index >= 15 is 0 Å². The van der Waals surface area contributed by atoms with Crippen LogP contribution in [0.2, 0.25) is 0 Å². The van der Waals surface area contributed by atoms with Crippen LogP contribution in [0.4, 0.5) is 0 Å². The van der Waals surface area contributed by atoms with E-state index in [1.807, 2.05) is 0 Å². The number of thiocarbonyl (C=S) groups is 2. The standard InChI is InChI=1S/C10H12N2O2S2/c13-5-7-9(16)8(15)4-12(7)10(14)6-2-1-3-11-6/h5-7,11H,1-4H2/t6-,7+/m0/s1. The molecule has 0 unspecified atom stereocenters. The highest BCUT2D eigenvalue weighted by atomic mass is 32.1. The quantitative estimate of drug-likeness (QED) is 0.552. The number of carbonyl (C=O) groups is 2. The van der Waals surface area contributed by atoms with Gasteiger partial charge in [0, 0.05) is 0 Å². The Kier molecular flexibility index (Phi) is 3.41. The van der Waals surface area contributed by atoms with Crippen molar-refractivity contribution in [3.05, 3.63) is 0 Å². The lowest BCUT2D eigenvalue weighted by Gasteiger charge is -2.23. The van der Waals surface area contributed by atoms with Crippen molar-refractivity contribution in [2.45, 2.75) is 24.9 Å². The summed E-state index contributed by atoms with van der Waals surface area (Å²) in [6.45, 7) is 1.17. The number of nitrogens with one attached hydrogen (secondary N) is 1. The van der Waals surface area contributed by atoms with Gasteiger partial charge in [0.2, 0.25) is 5.91 Å². The SMILES string of the molecule is O=C[C@@H]1C(=S)C(=S)CN1C(=O)[C@@H]1CCCN1. The minimum Gasteiger partial charge on any atom is -0.321 e. The summed E-state index contributed by atoms with van der Waals surface area (Å²) >= 11 is 10.1. The molecular weight excluding hydrogens is 244 g/mol. The van der Waals surface area contributed by atoms with Gasteiger partial charge in [-0.1, -0.05) is 24.4 Å². The molecule has 2 aliphatic heterocycles. The average molecular weight is 256 g/mol. The molecule has 6 heteroatoms. The van der Waals surface area contributed by atoms with Crippen LogP contribution in [0.1, 0.15) is 12.8 Å². The second-order valence-electron chi connectivity index (χ2n) is 3.98. The number of likely N-dealkylation sites (tertiary alicyclic amines) is 1. The highest BCUT2D eigenvalue weighted by molar-refractivity contribution is 7.89. The molecule has 2 atom stereocenters. The fourth-order valence-corrected chi connectivity index (χ4v) is 2.59. The van der Waals surface area contributed by atoms with Crippen molar-refractivity contribution in [1.29, 1.82) is 0 Å². The van der Waals surface area contributed by atoms with E-state index in [1.54, 1.807) is 0 Å². The minimum atomic E-state index is -0.627. The molecular formula is C10H12N2O2S2. The molecule has 16 heavy (non-hydrogen) atoms. The summed E-state index contributed by atoms with van der Waals surface area (Å²) in [6, 6.07) is -0.802. The summed E-state index contributed by atoms with van der Waals surface area (Å²) in [5.41, 5.74) is 0. The van der Waals surface area contributed by atoms with Crippen molar-refractivity contribution in [3.8, 4) is 0 Å². The molecule has 2 fully saturated rings. The zero-order valence-electron chi connectivity index (χ0n) is 8.64. The number of nitrogens with zero attached hydrogens (tertiary/aromatic N) is 1. The van der Waals surface area contributed by atoms with Crippen molar-refractivity contribution < 1.29 is 9.59 Å². The van der Waals surface area contributed by atoms with Gasteiger partial charge in [0.05, 0.1) is 22.3 Å². The topological polar surface area (TPSA) is 49.4 Å². The maximum atomic E-state index is 12.1. The Morgan fingerprint density at radius 1 is 1.50 bits per heavy atom. The van der Waals surface area contributed by atoms with Crippen LogP contribution in [0.3, 0.4) is 0 Å². The van der Waals surface area contributed by atoms with Crippen LogP contribution in [-0.4, -0.2) is 52.0 Å². The predicted octanol–water partition coefficient (Wildman–Crippen LogP) is -0.112. The molecule has 0 aromatic heterocycles. The highest BCUT2D eigenvalue weighted by Crippen LogP contribution is 2.17. The zero-order chi connectivity index (χ0) is 11.7. The van der Waals surface area contributed by atoms with Gasteiger partial charge in [-0.3, -0.25) is 4.79 Å². The lowest BCUT2D eigenvalue weighted by atomic mass is 10.2. The Hall–Kier alpha value is -0.720. The third kappa shape index (κ3) is 1.92. The highest BCUT2D eigenvalue weighted by Gasteiger charge is 2.39. The Balaban J connectivity index is 2.14. The van der Waals surface area contributed by atoms with Gasteiger partial charge in [0.1, 0.15) is 12.3 Å². The van der Waals surface area contributed by atoms with E-state index in [0.29, 0.717) is 22.6 Å². The van der Waals surface area contributed by atoms with Crippen molar-refractivity contribution in [2.24, 2.45) is 0 Å². The average Bonchev–Trinajstić information content (AvgIpc) is 2.88. The molecule has 1 amide bonds. The molecule has 0 bridgehead atoms. The van der Waals surface area contributed by atoms with E-state index in [0.717, 1.165) is 19.4 Å². The van der Waals surface area contributed by atoms with Crippen LogP contribution < -0.4 is 5.32 Å². The van der Waals surface area contributed by atoms with Crippen LogP contribution >= 0.6 is 24.4 Å². The van der Waals surface area contributed by atoms with Crippen molar-refractivity contribution in [3.63, 3.8) is 0 Å². The van der Waals surface area contributed by atoms with Gasteiger partial charge in [-0.2, -0.15) is 0 Å². The first-order valence-corrected chi connectivity index (χ1v) is 6.03. The maximum Gasteiger partial charge on any atom is 0.240 e. The van der Waals surface area contributed by atoms with Gasteiger partial charge in [-0.15, -0.1) is 0 Å². The predicted molar refractivity (Wildman–Crippen MR) is 67.8 cm³/mol. The molecule has 0 spiro atoms. The Morgan fingerprint density at radius 3 is 2.81 bits per heavy atom. The van der Waals surface area contributed by atoms with Crippen molar-refractivity contribution in [1.82, 2.24) is 10.2 Å². The number of amides is 1. The van der Waals surface area contributed by atoms with Gasteiger partial charge >= 0.3 is 0 Å². The normalized spacial score (nSPS) is 29.9. The monoisotopic (exact) mass is 256 g/mol. The lowest BCUT2D eigenvalue weighted by molar-refractivity contribution is -0.134. The molecule has 2 heterocycles. The van der Waals surface area contributed by atoms with Crippen LogP contribution in [0.15, 0.2) is 0 Å². The summed E-state index contributed by atoms with van der Waals surface area (Å²) in [4.78, 5) is 25.5. The fraction of sp³-hybridized carbons (Fsp3) is 0.600. The molecule has 1 N–H and O–H groups in total. The summed E-state index contributed by atoms with van der Waals surface area (Å²) in [5, 5.41) is 3.11. The van der Waals surface area contributed by atoms with E-state index in [4.69, 9.17) is 24.4 Å². The third-order valence-electron chi connectivity index (χ3n) is 2.96. The molecule has 0 saturated carbocycles. The molecule has 0 radical (unpaired) electrons. The number of aldehydes is 1. The van der Waals surface area contributed by atoms with E-state index in [1.165, 1.54) is 4.90 Å². The molecule has 2 rings (SSSR count). The van der Waals surface area contributed by atoms with Crippen molar-refractivity contribution in [2.75, 3.05) is 13.1 Å². The lowest BCUT2D eigenvalue weighted by Crippen LogP contribution is -2.47. The Labute approximate surface area is 104 Å². The zero-order valence-corrected chi connectivity index (χ0v) is 10.3. The van der Waals surface area contributed by atoms with E-state index < -0.39 is 6.04 Å². The number of carbonyl (C=O) groups excluding carboxylic acids is 2. The molecule has 0 aromatic carbocycles. The maximum absolute atomic E-state index is 12.1. The van der Waals surface area contributed by atoms with Gasteiger partial charge in [0.15, 0.2) is 0 Å². The summed E-state index contributed by atoms with van der Waals surface area (Å²) in [6.07, 6.45) is 2.51. The molecule has 2 aliphatic rings. The second kappa shape index (κ2) is 4.65. The van der Waals surface area contributed by atoms with Crippen LogP contribution in [-0.2, 0) is 9.59 Å². The molecule has 0 aliphatic carbocycles. The van der Waals surface area contributed by atoms with Gasteiger partial charge in [-0.25, -0.2) is 0 Å². The summed E-state index contributed by atoms with van der Waals surface area (Å²) < 4.78 is 0. The molecule has 2 saturated heterocycles. The number of hydrogen-bond acceptors (Lipinski definition) is 5. The Bertz CT molecular complexity index is 364. The largest absolute Gasteiger partial charge is 0.321 e. The van der Waals surface area contributed by atoms with E-state index in [2.05, 4.69) is 5.32 Å². The van der Waals surface area contributed by atoms with Gasteiger partial charge in [-0.05, 0) is 19.4 Å². The Morgan fingerprint density at radius 2 is 2.25 bits per heavy atom. The van der Waals surface area contributed by atoms with E-state index in [-0.39, 0.29) is 11.9 Å². The first-order valence-electron chi connectivity index (χ1n) is 5.21. The van der Waals surface area contributed by atoms with E-state index in [9.17, 15) is 9.59 Å². The number of hydrogen-bond donors (Lipinski definition) is 1. The second-order valence-corrected chi connectivity index (χ2v) is 4.92. The van der Waals surface area contributed by atoms with Crippen molar-refractivity contribution >= 4 is 46.4 Å². The smallest absolute Gasteiger partial charge is 0.240 e. The molecule has 86 valence electrons. The molecule has 4 nitrogen and oxygen atoms in total.